The highest BCUT2D eigenvalue weighted by atomic mass is 16.5. The molecule has 5 nitrogen and oxygen atoms in total. The molecule has 0 saturated carbocycles. The van der Waals surface area contributed by atoms with Crippen molar-refractivity contribution < 1.29 is 9.53 Å². The van der Waals surface area contributed by atoms with Gasteiger partial charge in [0, 0.05) is 26.1 Å². The molecule has 0 aromatic heterocycles. The largest absolute Gasteiger partial charge is 0.491 e. The van der Waals surface area contributed by atoms with E-state index in [1.165, 1.54) is 0 Å². The first-order valence-electron chi connectivity index (χ1n) is 6.75. The quantitative estimate of drug-likeness (QED) is 0.805. The number of nitrogen functional groups attached to an aromatic ring is 1. The summed E-state index contributed by atoms with van der Waals surface area (Å²) >= 11 is 0. The van der Waals surface area contributed by atoms with Crippen LogP contribution in [0.5, 0.6) is 5.75 Å². The van der Waals surface area contributed by atoms with Crippen LogP contribution in [0.2, 0.25) is 0 Å². The van der Waals surface area contributed by atoms with Crippen LogP contribution in [0.15, 0.2) is 18.2 Å². The van der Waals surface area contributed by atoms with Crippen molar-refractivity contribution in [1.82, 2.24) is 5.32 Å². The summed E-state index contributed by atoms with van der Waals surface area (Å²) in [4.78, 5) is 13.5. The summed E-state index contributed by atoms with van der Waals surface area (Å²) in [5.74, 6) is 0.822. The topological polar surface area (TPSA) is 67.6 Å². The molecule has 0 radical (unpaired) electrons. The van der Waals surface area contributed by atoms with Gasteiger partial charge >= 0.3 is 0 Å². The molecule has 1 amide bonds. The SMILES string of the molecule is CCCOc1cccc(N2CCNC(=O)CC2)c1N. The van der Waals surface area contributed by atoms with Crippen LogP contribution >= 0.6 is 0 Å². The minimum atomic E-state index is 0.0967. The molecule has 0 spiro atoms. The molecule has 1 fully saturated rings. The fraction of sp³-hybridized carbons (Fsp3) is 0.500. The van der Waals surface area contributed by atoms with E-state index in [1.807, 2.05) is 18.2 Å². The first-order valence-corrected chi connectivity index (χ1v) is 6.75. The summed E-state index contributed by atoms with van der Waals surface area (Å²) in [7, 11) is 0. The van der Waals surface area contributed by atoms with E-state index in [1.54, 1.807) is 0 Å². The number of rotatable bonds is 4. The van der Waals surface area contributed by atoms with Gasteiger partial charge in [0.1, 0.15) is 5.75 Å². The van der Waals surface area contributed by atoms with E-state index in [0.29, 0.717) is 31.8 Å². The molecule has 1 aromatic carbocycles. The first-order chi connectivity index (χ1) is 9.22. The van der Waals surface area contributed by atoms with Gasteiger partial charge in [-0.3, -0.25) is 4.79 Å². The van der Waals surface area contributed by atoms with Crippen LogP contribution < -0.4 is 20.7 Å². The summed E-state index contributed by atoms with van der Waals surface area (Å²) in [5.41, 5.74) is 7.78. The van der Waals surface area contributed by atoms with E-state index < -0.39 is 0 Å². The fourth-order valence-electron chi connectivity index (χ4n) is 2.15. The van der Waals surface area contributed by atoms with Crippen molar-refractivity contribution in [2.24, 2.45) is 0 Å². The minimum absolute atomic E-state index is 0.0967. The van der Waals surface area contributed by atoms with E-state index in [2.05, 4.69) is 17.1 Å². The molecule has 1 aromatic rings. The molecule has 1 aliphatic heterocycles. The second-order valence-electron chi connectivity index (χ2n) is 4.62. The lowest BCUT2D eigenvalue weighted by Gasteiger charge is -2.24. The molecular weight excluding hydrogens is 242 g/mol. The zero-order valence-corrected chi connectivity index (χ0v) is 11.3. The highest BCUT2D eigenvalue weighted by Crippen LogP contribution is 2.32. The van der Waals surface area contributed by atoms with Gasteiger partial charge in [-0.2, -0.15) is 0 Å². The van der Waals surface area contributed by atoms with Gasteiger partial charge in [0.25, 0.3) is 0 Å². The summed E-state index contributed by atoms with van der Waals surface area (Å²) in [6.45, 7) is 4.83. The second-order valence-corrected chi connectivity index (χ2v) is 4.62. The molecule has 5 heteroatoms. The summed E-state index contributed by atoms with van der Waals surface area (Å²) < 4.78 is 5.64. The number of amides is 1. The van der Waals surface area contributed by atoms with Crippen LogP contribution in [0.25, 0.3) is 0 Å². The van der Waals surface area contributed by atoms with Crippen LogP contribution in [-0.4, -0.2) is 32.1 Å². The Labute approximate surface area is 113 Å². The third-order valence-electron chi connectivity index (χ3n) is 3.16. The summed E-state index contributed by atoms with van der Waals surface area (Å²) in [6, 6.07) is 5.80. The number of para-hydroxylation sites is 1. The Kier molecular flexibility index (Phi) is 4.49. The Bertz CT molecular complexity index is 448. The number of nitrogens with two attached hydrogens (primary N) is 1. The molecule has 3 N–H and O–H groups in total. The lowest BCUT2D eigenvalue weighted by molar-refractivity contribution is -0.120. The molecule has 0 atom stereocenters. The third-order valence-corrected chi connectivity index (χ3v) is 3.16. The monoisotopic (exact) mass is 263 g/mol. The van der Waals surface area contributed by atoms with Gasteiger partial charge in [-0.1, -0.05) is 13.0 Å². The lowest BCUT2D eigenvalue weighted by atomic mass is 10.2. The smallest absolute Gasteiger partial charge is 0.221 e. The van der Waals surface area contributed by atoms with Crippen molar-refractivity contribution in [2.75, 3.05) is 36.9 Å². The van der Waals surface area contributed by atoms with E-state index >= 15 is 0 Å². The maximum atomic E-state index is 11.4. The van der Waals surface area contributed by atoms with Crippen LogP contribution in [0, 0.1) is 0 Å². The normalized spacial score (nSPS) is 15.8. The van der Waals surface area contributed by atoms with Crippen molar-refractivity contribution in [3.8, 4) is 5.75 Å². The van der Waals surface area contributed by atoms with Crippen molar-refractivity contribution in [2.45, 2.75) is 19.8 Å². The van der Waals surface area contributed by atoms with Gasteiger partial charge in [-0.05, 0) is 18.6 Å². The van der Waals surface area contributed by atoms with Crippen LogP contribution in [0.4, 0.5) is 11.4 Å². The maximum Gasteiger partial charge on any atom is 0.221 e. The average Bonchev–Trinajstić information content (AvgIpc) is 2.62. The predicted octanol–water partition coefficient (Wildman–Crippen LogP) is 1.38. The zero-order chi connectivity index (χ0) is 13.7. The van der Waals surface area contributed by atoms with Crippen molar-refractivity contribution in [1.29, 1.82) is 0 Å². The number of hydrogen-bond donors (Lipinski definition) is 2. The number of nitrogens with one attached hydrogen (secondary N) is 1. The number of ether oxygens (including phenoxy) is 1. The van der Waals surface area contributed by atoms with Crippen LogP contribution in [0.3, 0.4) is 0 Å². The van der Waals surface area contributed by atoms with Crippen LogP contribution in [0.1, 0.15) is 19.8 Å². The number of benzene rings is 1. The zero-order valence-electron chi connectivity index (χ0n) is 11.3. The third kappa shape index (κ3) is 3.30. The van der Waals surface area contributed by atoms with Gasteiger partial charge in [-0.25, -0.2) is 0 Å². The standard InChI is InChI=1S/C14H21N3O2/c1-2-10-19-12-5-3-4-11(14(12)15)17-8-6-13(18)16-7-9-17/h3-5H,2,6-10,15H2,1H3,(H,16,18). The predicted molar refractivity (Wildman–Crippen MR) is 76.5 cm³/mol. The van der Waals surface area contributed by atoms with E-state index in [-0.39, 0.29) is 5.91 Å². The van der Waals surface area contributed by atoms with Gasteiger partial charge in [-0.15, -0.1) is 0 Å². The highest BCUT2D eigenvalue weighted by Gasteiger charge is 2.17. The van der Waals surface area contributed by atoms with Crippen molar-refractivity contribution in [3.63, 3.8) is 0 Å². The minimum Gasteiger partial charge on any atom is -0.491 e. The second kappa shape index (κ2) is 6.31. The fourth-order valence-corrected chi connectivity index (χ4v) is 2.15. The Hall–Kier alpha value is -1.91. The Balaban J connectivity index is 2.16. The molecular formula is C14H21N3O2. The van der Waals surface area contributed by atoms with Gasteiger partial charge in [0.05, 0.1) is 18.0 Å². The van der Waals surface area contributed by atoms with Crippen LogP contribution in [-0.2, 0) is 4.79 Å². The first kappa shape index (κ1) is 13.5. The van der Waals surface area contributed by atoms with Gasteiger partial charge in [0.2, 0.25) is 5.91 Å². The number of nitrogens with zero attached hydrogens (tertiary/aromatic N) is 1. The van der Waals surface area contributed by atoms with Gasteiger partial charge in [0.15, 0.2) is 0 Å². The van der Waals surface area contributed by atoms with Crippen molar-refractivity contribution >= 4 is 17.3 Å². The number of carbonyl (C=O) groups is 1. The average molecular weight is 263 g/mol. The maximum absolute atomic E-state index is 11.4. The van der Waals surface area contributed by atoms with Crippen molar-refractivity contribution in [3.05, 3.63) is 18.2 Å². The number of carbonyl (C=O) groups excluding carboxylic acids is 1. The molecule has 19 heavy (non-hydrogen) atoms. The molecule has 0 aliphatic carbocycles. The van der Waals surface area contributed by atoms with E-state index in [4.69, 9.17) is 10.5 Å². The molecule has 0 unspecified atom stereocenters. The highest BCUT2D eigenvalue weighted by molar-refractivity contribution is 5.79. The molecule has 1 heterocycles. The van der Waals surface area contributed by atoms with E-state index in [9.17, 15) is 4.79 Å². The lowest BCUT2D eigenvalue weighted by Crippen LogP contribution is -2.29. The summed E-state index contributed by atoms with van der Waals surface area (Å²) in [6.07, 6.45) is 1.45. The molecule has 104 valence electrons. The Morgan fingerprint density at radius 3 is 3.05 bits per heavy atom. The number of hydrogen-bond acceptors (Lipinski definition) is 4. The molecule has 1 saturated heterocycles. The molecule has 2 rings (SSSR count). The molecule has 1 aliphatic rings. The van der Waals surface area contributed by atoms with Gasteiger partial charge < -0.3 is 20.7 Å². The van der Waals surface area contributed by atoms with E-state index in [0.717, 1.165) is 24.4 Å². The number of anilines is 2. The molecule has 0 bridgehead atoms. The summed E-state index contributed by atoms with van der Waals surface area (Å²) in [5, 5.41) is 2.86. The Morgan fingerprint density at radius 2 is 2.26 bits per heavy atom. The Morgan fingerprint density at radius 1 is 1.42 bits per heavy atom.